The van der Waals surface area contributed by atoms with Crippen molar-refractivity contribution < 1.29 is 14.3 Å². The average Bonchev–Trinajstić information content (AvgIpc) is 2.92. The van der Waals surface area contributed by atoms with Gasteiger partial charge in [0.25, 0.3) is 0 Å². The fourth-order valence-corrected chi connectivity index (χ4v) is 2.48. The standard InChI is InChI=1S/C17H22ClNO3/c1-11(2)4-5-12(3)19-16(20)7-6-13-8-14(18)17-15(9-13)21-10-22-17/h6-9,11-12H,4-5,10H2,1-3H3,(H,19,20)/b7-6-/t12-/m1/s1. The van der Waals surface area contributed by atoms with E-state index in [9.17, 15) is 4.79 Å². The van der Waals surface area contributed by atoms with Crippen molar-refractivity contribution in [2.45, 2.75) is 39.7 Å². The van der Waals surface area contributed by atoms with Crippen LogP contribution < -0.4 is 14.8 Å². The Bertz CT molecular complexity index is 569. The number of nitrogens with one attached hydrogen (secondary N) is 1. The van der Waals surface area contributed by atoms with Gasteiger partial charge < -0.3 is 14.8 Å². The molecule has 0 bridgehead atoms. The van der Waals surface area contributed by atoms with Crippen molar-refractivity contribution in [3.05, 3.63) is 28.8 Å². The molecule has 5 heteroatoms. The van der Waals surface area contributed by atoms with Crippen molar-refractivity contribution >= 4 is 23.6 Å². The van der Waals surface area contributed by atoms with Crippen LogP contribution in [0.15, 0.2) is 18.2 Å². The van der Waals surface area contributed by atoms with Gasteiger partial charge in [-0.3, -0.25) is 4.79 Å². The number of halogens is 1. The summed E-state index contributed by atoms with van der Waals surface area (Å²) in [5.74, 6) is 1.71. The van der Waals surface area contributed by atoms with Gasteiger partial charge >= 0.3 is 0 Å². The molecule has 0 radical (unpaired) electrons. The van der Waals surface area contributed by atoms with Gasteiger partial charge in [0.15, 0.2) is 11.5 Å². The number of ether oxygens (including phenoxy) is 2. The lowest BCUT2D eigenvalue weighted by molar-refractivity contribution is -0.117. The monoisotopic (exact) mass is 323 g/mol. The molecule has 1 aromatic rings. The Morgan fingerprint density at radius 1 is 1.32 bits per heavy atom. The van der Waals surface area contributed by atoms with Gasteiger partial charge in [0, 0.05) is 12.1 Å². The van der Waals surface area contributed by atoms with Crippen molar-refractivity contribution in [3.8, 4) is 11.5 Å². The van der Waals surface area contributed by atoms with Gasteiger partial charge in [0.1, 0.15) is 0 Å². The van der Waals surface area contributed by atoms with E-state index in [4.69, 9.17) is 21.1 Å². The highest BCUT2D eigenvalue weighted by Gasteiger charge is 2.17. The summed E-state index contributed by atoms with van der Waals surface area (Å²) in [5.41, 5.74) is 0.805. The van der Waals surface area contributed by atoms with E-state index in [2.05, 4.69) is 19.2 Å². The van der Waals surface area contributed by atoms with Gasteiger partial charge in [-0.1, -0.05) is 25.4 Å². The Morgan fingerprint density at radius 3 is 2.82 bits per heavy atom. The molecule has 1 N–H and O–H groups in total. The first-order valence-electron chi connectivity index (χ1n) is 7.53. The van der Waals surface area contributed by atoms with Crippen LogP contribution in [-0.4, -0.2) is 18.7 Å². The van der Waals surface area contributed by atoms with E-state index in [-0.39, 0.29) is 18.7 Å². The predicted molar refractivity (Wildman–Crippen MR) is 88.3 cm³/mol. The quantitative estimate of drug-likeness (QED) is 0.804. The van der Waals surface area contributed by atoms with E-state index < -0.39 is 0 Å². The van der Waals surface area contributed by atoms with Crippen LogP contribution in [0.5, 0.6) is 11.5 Å². The minimum Gasteiger partial charge on any atom is -0.454 e. The Balaban J connectivity index is 1.91. The number of hydrogen-bond acceptors (Lipinski definition) is 3. The zero-order valence-electron chi connectivity index (χ0n) is 13.2. The van der Waals surface area contributed by atoms with Gasteiger partial charge in [-0.05, 0) is 49.5 Å². The molecule has 22 heavy (non-hydrogen) atoms. The maximum Gasteiger partial charge on any atom is 0.244 e. The SMILES string of the molecule is CC(C)CC[C@@H](C)NC(=O)/C=C\c1cc(Cl)c2c(c1)OCO2. The molecule has 0 saturated heterocycles. The van der Waals surface area contributed by atoms with Crippen LogP contribution in [0.4, 0.5) is 0 Å². The first-order valence-corrected chi connectivity index (χ1v) is 7.91. The normalized spacial score (nSPS) is 14.6. The third kappa shape index (κ3) is 4.67. The topological polar surface area (TPSA) is 47.6 Å². The molecule has 0 aliphatic carbocycles. The molecule has 0 saturated carbocycles. The largest absolute Gasteiger partial charge is 0.454 e. The first-order chi connectivity index (χ1) is 10.5. The number of carbonyl (C=O) groups excluding carboxylic acids is 1. The summed E-state index contributed by atoms with van der Waals surface area (Å²) in [6.45, 7) is 6.55. The van der Waals surface area contributed by atoms with Crippen molar-refractivity contribution in [1.29, 1.82) is 0 Å². The van der Waals surface area contributed by atoms with Gasteiger partial charge in [0.05, 0.1) is 5.02 Å². The molecular formula is C17H22ClNO3. The van der Waals surface area contributed by atoms with E-state index in [1.54, 1.807) is 18.2 Å². The summed E-state index contributed by atoms with van der Waals surface area (Å²) < 4.78 is 10.6. The molecule has 4 nitrogen and oxygen atoms in total. The molecule has 120 valence electrons. The molecular weight excluding hydrogens is 302 g/mol. The fraction of sp³-hybridized carbons (Fsp3) is 0.471. The van der Waals surface area contributed by atoms with E-state index >= 15 is 0 Å². The van der Waals surface area contributed by atoms with Crippen LogP contribution in [-0.2, 0) is 4.79 Å². The van der Waals surface area contributed by atoms with Crippen molar-refractivity contribution in [2.24, 2.45) is 5.92 Å². The minimum atomic E-state index is -0.106. The average molecular weight is 324 g/mol. The molecule has 1 aromatic carbocycles. The molecule has 2 rings (SSSR count). The van der Waals surface area contributed by atoms with Crippen LogP contribution in [0, 0.1) is 5.92 Å². The number of amides is 1. The third-order valence-corrected chi connectivity index (χ3v) is 3.72. The highest BCUT2D eigenvalue weighted by atomic mass is 35.5. The number of fused-ring (bicyclic) bond motifs is 1. The smallest absolute Gasteiger partial charge is 0.244 e. The number of benzene rings is 1. The first kappa shape index (κ1) is 16.7. The molecule has 1 heterocycles. The lowest BCUT2D eigenvalue weighted by Gasteiger charge is -2.13. The van der Waals surface area contributed by atoms with Crippen LogP contribution in [0.25, 0.3) is 6.08 Å². The van der Waals surface area contributed by atoms with Gasteiger partial charge in [-0.15, -0.1) is 0 Å². The van der Waals surface area contributed by atoms with Crippen molar-refractivity contribution in [2.75, 3.05) is 6.79 Å². The second kappa shape index (κ2) is 7.54. The predicted octanol–water partition coefficient (Wildman–Crippen LogP) is 4.02. The Labute approximate surface area is 136 Å². The van der Waals surface area contributed by atoms with Gasteiger partial charge in [-0.2, -0.15) is 0 Å². The zero-order chi connectivity index (χ0) is 16.1. The molecule has 0 fully saturated rings. The van der Waals surface area contributed by atoms with Crippen LogP contribution in [0.2, 0.25) is 5.02 Å². The van der Waals surface area contributed by atoms with Gasteiger partial charge in [-0.25, -0.2) is 0 Å². The Kier molecular flexibility index (Phi) is 5.72. The van der Waals surface area contributed by atoms with Crippen LogP contribution in [0.3, 0.4) is 0 Å². The summed E-state index contributed by atoms with van der Waals surface area (Å²) in [6, 6.07) is 3.72. The highest BCUT2D eigenvalue weighted by molar-refractivity contribution is 6.32. The Morgan fingerprint density at radius 2 is 2.09 bits per heavy atom. The number of carbonyl (C=O) groups is 1. The van der Waals surface area contributed by atoms with Crippen LogP contribution in [0.1, 0.15) is 39.2 Å². The van der Waals surface area contributed by atoms with Crippen molar-refractivity contribution in [1.82, 2.24) is 5.32 Å². The van der Waals surface area contributed by atoms with E-state index in [0.29, 0.717) is 22.4 Å². The Hall–Kier alpha value is -1.68. The summed E-state index contributed by atoms with van der Waals surface area (Å²) >= 11 is 6.11. The second-order valence-electron chi connectivity index (χ2n) is 5.95. The van der Waals surface area contributed by atoms with Crippen molar-refractivity contribution in [3.63, 3.8) is 0 Å². The number of rotatable bonds is 6. The third-order valence-electron chi connectivity index (χ3n) is 3.44. The van der Waals surface area contributed by atoms with E-state index in [1.165, 1.54) is 6.08 Å². The lowest BCUT2D eigenvalue weighted by Crippen LogP contribution is -2.31. The zero-order valence-corrected chi connectivity index (χ0v) is 13.9. The lowest BCUT2D eigenvalue weighted by atomic mass is 10.0. The molecule has 1 atom stereocenters. The van der Waals surface area contributed by atoms with E-state index in [0.717, 1.165) is 18.4 Å². The summed E-state index contributed by atoms with van der Waals surface area (Å²) in [4.78, 5) is 11.9. The minimum absolute atomic E-state index is 0.106. The molecule has 1 amide bonds. The summed E-state index contributed by atoms with van der Waals surface area (Å²) in [7, 11) is 0. The molecule has 0 spiro atoms. The molecule has 0 aromatic heterocycles. The van der Waals surface area contributed by atoms with Crippen LogP contribution >= 0.6 is 11.6 Å². The number of hydrogen-bond donors (Lipinski definition) is 1. The molecule has 0 unspecified atom stereocenters. The van der Waals surface area contributed by atoms with E-state index in [1.807, 2.05) is 6.92 Å². The summed E-state index contributed by atoms with van der Waals surface area (Å²) in [6.07, 6.45) is 5.31. The second-order valence-corrected chi connectivity index (χ2v) is 6.36. The molecule has 1 aliphatic rings. The maximum absolute atomic E-state index is 11.9. The maximum atomic E-state index is 11.9. The fourth-order valence-electron chi connectivity index (χ4n) is 2.20. The van der Waals surface area contributed by atoms with Gasteiger partial charge in [0.2, 0.25) is 12.7 Å². The summed E-state index contributed by atoms with van der Waals surface area (Å²) in [5, 5.41) is 3.44. The highest BCUT2D eigenvalue weighted by Crippen LogP contribution is 2.40. The molecule has 1 aliphatic heterocycles.